The van der Waals surface area contributed by atoms with Gasteiger partial charge < -0.3 is 20.4 Å². The molecule has 2 rings (SSSR count). The number of aliphatic hydroxyl groups excluding tert-OH is 2. The summed E-state index contributed by atoms with van der Waals surface area (Å²) in [6, 6.07) is 12.2. The molecule has 1 amide bonds. The van der Waals surface area contributed by atoms with Crippen molar-refractivity contribution in [1.82, 2.24) is 5.32 Å². The minimum atomic E-state index is -0.936. The van der Waals surface area contributed by atoms with Crippen molar-refractivity contribution in [3.05, 3.63) is 41.1 Å². The number of rotatable bonds is 6. The zero-order valence-electron chi connectivity index (χ0n) is 13.9. The topological polar surface area (TPSA) is 144 Å². The van der Waals surface area contributed by atoms with Crippen LogP contribution in [0.15, 0.2) is 35.5 Å². The molecule has 26 heavy (non-hydrogen) atoms. The number of nitrogens with zero attached hydrogens (tertiary/aromatic N) is 4. The molecule has 3 N–H and O–H groups in total. The van der Waals surface area contributed by atoms with E-state index in [1.807, 2.05) is 6.07 Å². The number of hydrogen-bond acceptors (Lipinski definition) is 7. The molecule has 1 aliphatic rings. The second-order valence-electron chi connectivity index (χ2n) is 5.61. The molecule has 2 atom stereocenters. The second-order valence-corrected chi connectivity index (χ2v) is 5.61. The molecule has 132 valence electrons. The van der Waals surface area contributed by atoms with Crippen LogP contribution in [-0.2, 0) is 4.79 Å². The third-order valence-electron chi connectivity index (χ3n) is 4.17. The van der Waals surface area contributed by atoms with E-state index in [1.54, 1.807) is 41.3 Å². The van der Waals surface area contributed by atoms with Crippen LogP contribution in [0.1, 0.15) is 11.5 Å². The largest absolute Gasteiger partial charge is 0.395 e. The summed E-state index contributed by atoms with van der Waals surface area (Å²) in [4.78, 5) is 14.1. The molecule has 1 aromatic carbocycles. The molecule has 0 saturated carbocycles. The summed E-state index contributed by atoms with van der Waals surface area (Å²) in [6.45, 7) is 0.571. The van der Waals surface area contributed by atoms with Crippen molar-refractivity contribution in [2.24, 2.45) is 5.92 Å². The Morgan fingerprint density at radius 1 is 1.08 bits per heavy atom. The molecule has 1 aliphatic heterocycles. The highest BCUT2D eigenvalue weighted by Gasteiger charge is 2.41. The number of aliphatic hydroxyl groups is 2. The second kappa shape index (κ2) is 8.64. The Bertz CT molecular complexity index is 804. The first-order chi connectivity index (χ1) is 12.6. The number of anilines is 1. The van der Waals surface area contributed by atoms with Gasteiger partial charge in [0, 0.05) is 18.8 Å². The highest BCUT2D eigenvalue weighted by atomic mass is 16.3. The molecule has 0 spiro atoms. The number of allylic oxidation sites excluding steroid dienone is 2. The molecule has 0 radical (unpaired) electrons. The van der Waals surface area contributed by atoms with Crippen LogP contribution in [-0.4, -0.2) is 42.4 Å². The van der Waals surface area contributed by atoms with E-state index in [1.165, 1.54) is 0 Å². The highest BCUT2D eigenvalue weighted by Crippen LogP contribution is 2.36. The fraction of sp³-hybridized carbons (Fsp3) is 0.333. The summed E-state index contributed by atoms with van der Waals surface area (Å²) in [6.07, 6.45) is 0. The van der Waals surface area contributed by atoms with Crippen molar-refractivity contribution in [3.63, 3.8) is 0 Å². The lowest BCUT2D eigenvalue weighted by Crippen LogP contribution is -2.29. The summed E-state index contributed by atoms with van der Waals surface area (Å²) < 4.78 is 0. The summed E-state index contributed by atoms with van der Waals surface area (Å²) in [5.74, 6) is -2.19. The van der Waals surface area contributed by atoms with Crippen LogP contribution in [0.3, 0.4) is 0 Å². The Hall–Kier alpha value is -3.38. The van der Waals surface area contributed by atoms with Gasteiger partial charge in [-0.1, -0.05) is 12.1 Å². The molecule has 0 aliphatic carbocycles. The predicted octanol–water partition coefficient (Wildman–Crippen LogP) is 0.132. The van der Waals surface area contributed by atoms with Crippen LogP contribution in [0.4, 0.5) is 5.69 Å². The van der Waals surface area contributed by atoms with Crippen molar-refractivity contribution in [1.29, 1.82) is 15.8 Å². The molecule has 1 saturated heterocycles. The first-order valence-corrected chi connectivity index (χ1v) is 7.92. The van der Waals surface area contributed by atoms with Crippen molar-refractivity contribution < 1.29 is 15.0 Å². The standard InChI is InChI=1S/C18H17N5O3/c19-9-13(10-20)17-15(11-21)16(18(26)22-17)12-1-3-14(4-2-12)23(5-7-24)6-8-25/h1-4,15-16,24-25H,5-8H2,(H,22,26). The van der Waals surface area contributed by atoms with Crippen molar-refractivity contribution in [3.8, 4) is 18.2 Å². The minimum Gasteiger partial charge on any atom is -0.395 e. The van der Waals surface area contributed by atoms with E-state index in [9.17, 15) is 10.1 Å². The van der Waals surface area contributed by atoms with Crippen LogP contribution in [0.25, 0.3) is 0 Å². The van der Waals surface area contributed by atoms with Crippen molar-refractivity contribution in [2.45, 2.75) is 5.92 Å². The van der Waals surface area contributed by atoms with Gasteiger partial charge in [0.15, 0.2) is 0 Å². The Kier molecular flexibility index (Phi) is 6.30. The number of amides is 1. The van der Waals surface area contributed by atoms with Crippen molar-refractivity contribution in [2.75, 3.05) is 31.2 Å². The number of nitrogens with one attached hydrogen (secondary N) is 1. The molecule has 1 fully saturated rings. The number of hydrogen-bond donors (Lipinski definition) is 3. The lowest BCUT2D eigenvalue weighted by molar-refractivity contribution is -0.120. The van der Waals surface area contributed by atoms with Crippen LogP contribution in [0.2, 0.25) is 0 Å². The van der Waals surface area contributed by atoms with Crippen LogP contribution < -0.4 is 10.2 Å². The average Bonchev–Trinajstić information content (AvgIpc) is 2.99. The fourth-order valence-electron chi connectivity index (χ4n) is 2.96. The third kappa shape index (κ3) is 3.65. The van der Waals surface area contributed by atoms with E-state index in [0.29, 0.717) is 18.7 Å². The summed E-state index contributed by atoms with van der Waals surface area (Å²) >= 11 is 0. The van der Waals surface area contributed by atoms with Crippen molar-refractivity contribution >= 4 is 11.6 Å². The van der Waals surface area contributed by atoms with Gasteiger partial charge in [0.1, 0.15) is 23.6 Å². The minimum absolute atomic E-state index is 0.0405. The Balaban J connectivity index is 2.35. The van der Waals surface area contributed by atoms with Gasteiger partial charge in [-0.25, -0.2) is 0 Å². The van der Waals surface area contributed by atoms with Gasteiger partial charge >= 0.3 is 0 Å². The van der Waals surface area contributed by atoms with Gasteiger partial charge in [0.25, 0.3) is 0 Å². The third-order valence-corrected chi connectivity index (χ3v) is 4.17. The molecular formula is C18H17N5O3. The van der Waals surface area contributed by atoms with E-state index in [-0.39, 0.29) is 24.5 Å². The van der Waals surface area contributed by atoms with E-state index >= 15 is 0 Å². The number of nitriles is 3. The van der Waals surface area contributed by atoms with Gasteiger partial charge in [-0.3, -0.25) is 4.79 Å². The highest BCUT2D eigenvalue weighted by molar-refractivity contribution is 5.90. The molecule has 1 heterocycles. The van der Waals surface area contributed by atoms with E-state index in [0.717, 1.165) is 5.69 Å². The van der Waals surface area contributed by atoms with Gasteiger partial charge in [-0.05, 0) is 17.7 Å². The van der Waals surface area contributed by atoms with E-state index in [4.69, 9.17) is 20.7 Å². The lowest BCUT2D eigenvalue weighted by Gasteiger charge is -2.23. The number of carbonyl (C=O) groups is 1. The summed E-state index contributed by atoms with van der Waals surface area (Å²) in [5, 5.41) is 48.2. The maximum atomic E-state index is 12.3. The van der Waals surface area contributed by atoms with E-state index < -0.39 is 17.7 Å². The first kappa shape index (κ1) is 19.0. The van der Waals surface area contributed by atoms with E-state index in [2.05, 4.69) is 5.32 Å². The average molecular weight is 351 g/mol. The normalized spacial score (nSPS) is 18.4. The Morgan fingerprint density at radius 3 is 2.12 bits per heavy atom. The Labute approximate surface area is 150 Å². The SMILES string of the molecule is N#CC(C#N)=C1NC(=O)C(c2ccc(N(CCO)CCO)cc2)C1C#N. The number of benzene rings is 1. The molecule has 0 aromatic heterocycles. The molecule has 2 unspecified atom stereocenters. The zero-order valence-corrected chi connectivity index (χ0v) is 13.9. The van der Waals surface area contributed by atoms with Gasteiger partial charge in [0.05, 0.1) is 30.9 Å². The maximum Gasteiger partial charge on any atom is 0.233 e. The fourth-order valence-corrected chi connectivity index (χ4v) is 2.96. The lowest BCUT2D eigenvalue weighted by atomic mass is 9.86. The molecule has 1 aromatic rings. The Morgan fingerprint density at radius 2 is 1.65 bits per heavy atom. The number of carbonyl (C=O) groups excluding carboxylic acids is 1. The van der Waals surface area contributed by atoms with Gasteiger partial charge in [-0.2, -0.15) is 15.8 Å². The molecule has 8 heteroatoms. The van der Waals surface area contributed by atoms with Crippen LogP contribution in [0, 0.1) is 39.9 Å². The monoisotopic (exact) mass is 351 g/mol. The van der Waals surface area contributed by atoms with Crippen LogP contribution >= 0.6 is 0 Å². The predicted molar refractivity (Wildman–Crippen MR) is 91.1 cm³/mol. The van der Waals surface area contributed by atoms with Gasteiger partial charge in [-0.15, -0.1) is 0 Å². The molecule has 0 bridgehead atoms. The molecular weight excluding hydrogens is 334 g/mol. The quantitative estimate of drug-likeness (QED) is 0.618. The maximum absolute atomic E-state index is 12.3. The van der Waals surface area contributed by atoms with Gasteiger partial charge in [0.2, 0.25) is 5.91 Å². The first-order valence-electron chi connectivity index (χ1n) is 7.92. The zero-order chi connectivity index (χ0) is 19.1. The molecule has 8 nitrogen and oxygen atoms in total. The summed E-state index contributed by atoms with van der Waals surface area (Å²) in [5.41, 5.74) is 1.10. The smallest absolute Gasteiger partial charge is 0.233 e. The van der Waals surface area contributed by atoms with Crippen LogP contribution in [0.5, 0.6) is 0 Å². The summed E-state index contributed by atoms with van der Waals surface area (Å²) in [7, 11) is 0.